The van der Waals surface area contributed by atoms with E-state index in [9.17, 15) is 4.79 Å². The van der Waals surface area contributed by atoms with E-state index < -0.39 is 8.32 Å². The minimum absolute atomic E-state index is 0.0968. The average molecular weight is 472 g/mol. The van der Waals surface area contributed by atoms with Gasteiger partial charge in [0.2, 0.25) is 0 Å². The van der Waals surface area contributed by atoms with Crippen molar-refractivity contribution in [2.75, 3.05) is 18.4 Å². The Kier molecular flexibility index (Phi) is 7.07. The average Bonchev–Trinajstić information content (AvgIpc) is 2.47. The third-order valence-corrected chi connectivity index (χ3v) is 10.6. The zero-order chi connectivity index (χ0) is 21.3. The first-order valence-corrected chi connectivity index (χ1v) is 13.5. The smallest absolute Gasteiger partial charge is 0.322 e. The van der Waals surface area contributed by atoms with Crippen molar-refractivity contribution in [3.8, 4) is 0 Å². The molecule has 1 heterocycles. The van der Waals surface area contributed by atoms with E-state index in [-0.39, 0.29) is 22.8 Å². The summed E-state index contributed by atoms with van der Waals surface area (Å²) in [6, 6.07) is 5.74. The normalized spacial score (nSPS) is 16.1. The highest BCUT2D eigenvalue weighted by Gasteiger charge is 2.38. The molecule has 28 heavy (non-hydrogen) atoms. The number of carbonyl (C=O) groups is 1. The molecule has 0 radical (unpaired) electrons. The Morgan fingerprint density at radius 2 is 1.82 bits per heavy atom. The Hall–Kier alpha value is -0.893. The van der Waals surface area contributed by atoms with E-state index in [0.717, 1.165) is 15.7 Å². The number of likely N-dealkylation sites (tertiary alicyclic amines) is 1. The lowest BCUT2D eigenvalue weighted by Gasteiger charge is -2.42. The highest BCUT2D eigenvalue weighted by molar-refractivity contribution is 9.10. The van der Waals surface area contributed by atoms with Crippen LogP contribution in [-0.2, 0) is 15.8 Å². The number of carbonyl (C=O) groups excluding carboxylic acids is 1. The van der Waals surface area contributed by atoms with Crippen LogP contribution < -0.4 is 5.32 Å². The second kappa shape index (κ2) is 8.46. The Labute approximate surface area is 179 Å². The molecule has 0 unspecified atom stereocenters. The molecular weight excluding hydrogens is 436 g/mol. The Morgan fingerprint density at radius 1 is 1.21 bits per heavy atom. The van der Waals surface area contributed by atoms with Gasteiger partial charge >= 0.3 is 6.03 Å². The van der Waals surface area contributed by atoms with Gasteiger partial charge < -0.3 is 19.4 Å². The van der Waals surface area contributed by atoms with Crippen molar-refractivity contribution in [2.45, 2.75) is 78.0 Å². The van der Waals surface area contributed by atoms with Gasteiger partial charge in [-0.15, -0.1) is 0 Å². The molecule has 1 N–H and O–H groups in total. The molecule has 0 atom stereocenters. The van der Waals surface area contributed by atoms with Gasteiger partial charge in [-0.2, -0.15) is 0 Å². The van der Waals surface area contributed by atoms with Crippen LogP contribution in [0.4, 0.5) is 10.5 Å². The number of urea groups is 1. The van der Waals surface area contributed by atoms with Crippen LogP contribution in [0.2, 0.25) is 18.1 Å². The first kappa shape index (κ1) is 23.4. The maximum Gasteiger partial charge on any atom is 0.322 e. The van der Waals surface area contributed by atoms with E-state index in [2.05, 4.69) is 55.1 Å². The second-order valence-corrected chi connectivity index (χ2v) is 15.7. The molecule has 0 bridgehead atoms. The van der Waals surface area contributed by atoms with E-state index in [4.69, 9.17) is 9.16 Å². The molecule has 1 aromatic carbocycles. The molecule has 2 rings (SSSR count). The molecule has 158 valence electrons. The Balaban J connectivity index is 2.01. The van der Waals surface area contributed by atoms with Gasteiger partial charge in [-0.1, -0.05) is 42.8 Å². The molecule has 5 nitrogen and oxygen atoms in total. The van der Waals surface area contributed by atoms with Crippen LogP contribution in [0, 0.1) is 0 Å². The number of nitrogens with zero attached hydrogens (tertiary/aromatic N) is 1. The largest absolute Gasteiger partial charge is 0.412 e. The quantitative estimate of drug-likeness (QED) is 0.536. The number of hydrogen-bond donors (Lipinski definition) is 1. The second-order valence-electron chi connectivity index (χ2n) is 10.0. The van der Waals surface area contributed by atoms with Crippen LogP contribution in [0.3, 0.4) is 0 Å². The lowest BCUT2D eigenvalue weighted by molar-refractivity contribution is -0.110. The zero-order valence-corrected chi connectivity index (χ0v) is 21.1. The predicted molar refractivity (Wildman–Crippen MR) is 121 cm³/mol. The van der Waals surface area contributed by atoms with Gasteiger partial charge in [0.05, 0.1) is 31.4 Å². The number of ether oxygens (including phenoxy) is 1. The lowest BCUT2D eigenvalue weighted by atomic mass is 10.1. The highest BCUT2D eigenvalue weighted by atomic mass is 79.9. The molecular formula is C21H35BrN2O3Si. The van der Waals surface area contributed by atoms with Crippen LogP contribution >= 0.6 is 15.9 Å². The summed E-state index contributed by atoms with van der Waals surface area (Å²) in [5.41, 5.74) is 1.58. The van der Waals surface area contributed by atoms with Crippen LogP contribution in [0.5, 0.6) is 0 Å². The number of nitrogens with one attached hydrogen (secondary N) is 1. The standard InChI is InChI=1S/C21H35BrN2O3Si/c1-20(2,3)27-15-12-24(13-15)19(25)23-18-11-9-10-17(22)16(18)14-26-28(7,8)21(4,5)6/h9-11,15H,12-14H2,1-8H3,(H,23,25). The van der Waals surface area contributed by atoms with E-state index in [1.807, 2.05) is 39.0 Å². The maximum atomic E-state index is 12.6. The molecule has 1 aliphatic rings. The van der Waals surface area contributed by atoms with Crippen LogP contribution in [0.15, 0.2) is 22.7 Å². The predicted octanol–water partition coefficient (Wildman–Crippen LogP) is 6.00. The fourth-order valence-corrected chi connectivity index (χ4v) is 4.08. The first-order valence-electron chi connectivity index (χ1n) is 9.85. The van der Waals surface area contributed by atoms with Crippen LogP contribution in [0.25, 0.3) is 0 Å². The number of anilines is 1. The summed E-state index contributed by atoms with van der Waals surface area (Å²) < 4.78 is 13.2. The van der Waals surface area contributed by atoms with Crippen LogP contribution in [-0.4, -0.2) is 44.0 Å². The lowest BCUT2D eigenvalue weighted by Crippen LogP contribution is -2.57. The molecule has 1 aromatic rings. The Morgan fingerprint density at radius 3 is 2.36 bits per heavy atom. The Bertz CT molecular complexity index is 705. The third-order valence-electron chi connectivity index (χ3n) is 5.40. The molecule has 2 amide bonds. The summed E-state index contributed by atoms with van der Waals surface area (Å²) in [7, 11) is -1.88. The summed E-state index contributed by atoms with van der Waals surface area (Å²) in [6.07, 6.45) is 0.106. The third kappa shape index (κ3) is 6.05. The first-order chi connectivity index (χ1) is 12.7. The number of amides is 2. The topological polar surface area (TPSA) is 50.8 Å². The summed E-state index contributed by atoms with van der Waals surface area (Å²) in [4.78, 5) is 14.4. The van der Waals surface area contributed by atoms with Crippen molar-refractivity contribution >= 4 is 36.0 Å². The van der Waals surface area contributed by atoms with Gasteiger partial charge in [0.25, 0.3) is 0 Å². The molecule has 0 aromatic heterocycles. The van der Waals surface area contributed by atoms with Gasteiger partial charge in [-0.3, -0.25) is 0 Å². The fourth-order valence-electron chi connectivity index (χ4n) is 2.66. The van der Waals surface area contributed by atoms with Crippen molar-refractivity contribution in [3.05, 3.63) is 28.2 Å². The van der Waals surface area contributed by atoms with E-state index in [1.54, 1.807) is 4.90 Å². The number of rotatable bonds is 5. The van der Waals surface area contributed by atoms with Gasteiger partial charge in [0.15, 0.2) is 8.32 Å². The fraction of sp³-hybridized carbons (Fsp3) is 0.667. The van der Waals surface area contributed by atoms with E-state index in [0.29, 0.717) is 19.7 Å². The summed E-state index contributed by atoms with van der Waals surface area (Å²) in [5, 5.41) is 3.18. The maximum absolute atomic E-state index is 12.6. The van der Waals surface area contributed by atoms with E-state index >= 15 is 0 Å². The molecule has 7 heteroatoms. The number of hydrogen-bond acceptors (Lipinski definition) is 3. The van der Waals surface area contributed by atoms with Crippen molar-refractivity contribution in [1.29, 1.82) is 0 Å². The van der Waals surface area contributed by atoms with Crippen molar-refractivity contribution < 1.29 is 14.0 Å². The minimum atomic E-state index is -1.88. The zero-order valence-electron chi connectivity index (χ0n) is 18.5. The molecule has 0 spiro atoms. The summed E-state index contributed by atoms with van der Waals surface area (Å²) in [5.74, 6) is 0. The highest BCUT2D eigenvalue weighted by Crippen LogP contribution is 2.38. The molecule has 0 saturated carbocycles. The van der Waals surface area contributed by atoms with Gasteiger partial charge in [0, 0.05) is 15.7 Å². The minimum Gasteiger partial charge on any atom is -0.412 e. The number of benzene rings is 1. The monoisotopic (exact) mass is 470 g/mol. The van der Waals surface area contributed by atoms with Gasteiger partial charge in [-0.05, 0) is 51.0 Å². The molecule has 1 saturated heterocycles. The SMILES string of the molecule is CC(C)(C)OC1CN(C(=O)Nc2cccc(Br)c2CO[Si](C)(C)C(C)(C)C)C1. The van der Waals surface area contributed by atoms with Gasteiger partial charge in [0.1, 0.15) is 0 Å². The molecule has 1 aliphatic heterocycles. The van der Waals surface area contributed by atoms with Crippen LogP contribution in [0.1, 0.15) is 47.1 Å². The van der Waals surface area contributed by atoms with Gasteiger partial charge in [-0.25, -0.2) is 4.79 Å². The molecule has 1 fully saturated rings. The number of halogens is 1. The van der Waals surface area contributed by atoms with E-state index in [1.165, 1.54) is 0 Å². The summed E-state index contributed by atoms with van der Waals surface area (Å²) in [6.45, 7) is 19.0. The van der Waals surface area contributed by atoms with Crippen molar-refractivity contribution in [2.24, 2.45) is 0 Å². The van der Waals surface area contributed by atoms with Crippen molar-refractivity contribution in [1.82, 2.24) is 4.90 Å². The molecule has 0 aliphatic carbocycles. The van der Waals surface area contributed by atoms with Crippen molar-refractivity contribution in [3.63, 3.8) is 0 Å². The summed E-state index contributed by atoms with van der Waals surface area (Å²) >= 11 is 3.62.